The Morgan fingerprint density at radius 3 is 2.45 bits per heavy atom. The van der Waals surface area contributed by atoms with Gasteiger partial charge in [0.1, 0.15) is 11.4 Å². The molecule has 0 fully saturated rings. The lowest BCUT2D eigenvalue weighted by Gasteiger charge is -2.10. The zero-order valence-electron chi connectivity index (χ0n) is 16.6. The van der Waals surface area contributed by atoms with E-state index < -0.39 is 18.0 Å². The van der Waals surface area contributed by atoms with Gasteiger partial charge in [0.2, 0.25) is 5.91 Å². The predicted molar refractivity (Wildman–Crippen MR) is 106 cm³/mol. The van der Waals surface area contributed by atoms with Crippen molar-refractivity contribution in [3.8, 4) is 5.75 Å². The summed E-state index contributed by atoms with van der Waals surface area (Å²) in [6, 6.07) is 5.21. The number of aryl methyl sites for hydroxylation is 1. The first-order valence-electron chi connectivity index (χ1n) is 9.03. The average Bonchev–Trinajstić information content (AvgIpc) is 3.26. The third-order valence-corrected chi connectivity index (χ3v) is 5.25. The van der Waals surface area contributed by atoms with Gasteiger partial charge in [-0.1, -0.05) is 11.6 Å². The Hall–Kier alpha value is -3.29. The fourth-order valence-corrected chi connectivity index (χ4v) is 3.44. The lowest BCUT2D eigenvalue weighted by atomic mass is 10.0. The molecule has 0 atom stereocenters. The minimum absolute atomic E-state index is 0.134. The molecule has 1 amide bonds. The average molecular weight is 400 g/mol. The van der Waals surface area contributed by atoms with Crippen LogP contribution in [0, 0.1) is 20.8 Å². The molecule has 0 saturated heterocycles. The summed E-state index contributed by atoms with van der Waals surface area (Å²) in [5.74, 6) is -0.324. The van der Waals surface area contributed by atoms with Crippen molar-refractivity contribution in [3.05, 3.63) is 63.6 Å². The number of rotatable bonds is 2. The monoisotopic (exact) mass is 400 g/mol. The van der Waals surface area contributed by atoms with Crippen LogP contribution in [0.25, 0.3) is 11.2 Å². The number of allylic oxidation sites excluding steroid dienone is 1. The van der Waals surface area contributed by atoms with Gasteiger partial charge in [0.15, 0.2) is 5.65 Å². The highest BCUT2D eigenvalue weighted by atomic mass is 19.3. The van der Waals surface area contributed by atoms with E-state index in [1.165, 1.54) is 21.8 Å². The van der Waals surface area contributed by atoms with Crippen molar-refractivity contribution in [2.75, 3.05) is 0 Å². The molecular formula is C21H22F2N4O2. The Morgan fingerprint density at radius 1 is 1.17 bits per heavy atom. The minimum Gasteiger partial charge on any atom is -0.508 e. The van der Waals surface area contributed by atoms with Crippen LogP contribution in [0.3, 0.4) is 0 Å². The molecule has 0 saturated carbocycles. The number of nitrogens with two attached hydrogens (primary N) is 1. The summed E-state index contributed by atoms with van der Waals surface area (Å²) in [7, 11) is 0. The molecule has 1 aliphatic carbocycles. The number of nitrogens with zero attached hydrogens (tertiary/aromatic N) is 3. The van der Waals surface area contributed by atoms with E-state index >= 15 is 0 Å². The number of hydrogen-bond donors (Lipinski definition) is 2. The summed E-state index contributed by atoms with van der Waals surface area (Å²) in [6.07, 6.45) is -0.919. The van der Waals surface area contributed by atoms with Crippen LogP contribution in [0.4, 0.5) is 8.78 Å². The summed E-state index contributed by atoms with van der Waals surface area (Å²) >= 11 is 0. The molecule has 8 heteroatoms. The number of hydrogen-bond acceptors (Lipinski definition) is 4. The maximum atomic E-state index is 13.2. The normalized spacial score (nSPS) is 12.9. The summed E-state index contributed by atoms with van der Waals surface area (Å²) in [5, 5.41) is 13.3. The van der Waals surface area contributed by atoms with Crippen molar-refractivity contribution in [1.82, 2.24) is 14.6 Å². The second-order valence-electron chi connectivity index (χ2n) is 7.07. The van der Waals surface area contributed by atoms with Gasteiger partial charge in [-0.3, -0.25) is 4.79 Å². The number of alkyl halides is 2. The van der Waals surface area contributed by atoms with Gasteiger partial charge in [0, 0.05) is 23.6 Å². The molecule has 0 aliphatic heterocycles. The van der Waals surface area contributed by atoms with Gasteiger partial charge >= 0.3 is 0 Å². The van der Waals surface area contributed by atoms with Crippen LogP contribution in [-0.2, 0) is 11.2 Å². The number of amides is 1. The summed E-state index contributed by atoms with van der Waals surface area (Å²) in [6.45, 7) is 7.69. The highest BCUT2D eigenvalue weighted by Gasteiger charge is 2.32. The fourth-order valence-electron chi connectivity index (χ4n) is 3.44. The number of carbonyl (C=O) groups is 1. The summed E-state index contributed by atoms with van der Waals surface area (Å²) in [4.78, 5) is 15.4. The first-order valence-corrected chi connectivity index (χ1v) is 9.03. The molecule has 3 N–H and O–H groups in total. The van der Waals surface area contributed by atoms with Gasteiger partial charge in [-0.05, 0) is 50.5 Å². The van der Waals surface area contributed by atoms with E-state index in [1.807, 2.05) is 26.8 Å². The van der Waals surface area contributed by atoms with Crippen LogP contribution in [-0.4, -0.2) is 25.6 Å². The number of aromatic nitrogens is 3. The van der Waals surface area contributed by atoms with E-state index in [0.717, 1.165) is 5.56 Å². The van der Waals surface area contributed by atoms with Gasteiger partial charge in [-0.15, -0.1) is 0 Å². The zero-order chi connectivity index (χ0) is 21.5. The molecule has 1 aromatic carbocycles. The first kappa shape index (κ1) is 20.4. The van der Waals surface area contributed by atoms with Crippen molar-refractivity contribution >= 4 is 17.1 Å². The van der Waals surface area contributed by atoms with Crippen molar-refractivity contribution in [2.24, 2.45) is 5.73 Å². The highest BCUT2D eigenvalue weighted by molar-refractivity contribution is 6.21. The van der Waals surface area contributed by atoms with E-state index in [4.69, 9.17) is 5.73 Å². The third-order valence-electron chi connectivity index (χ3n) is 5.25. The minimum atomic E-state index is -2.77. The van der Waals surface area contributed by atoms with E-state index in [1.54, 1.807) is 19.1 Å². The number of phenolic OH excluding ortho intramolecular Hbond substituents is 1. The molecule has 3 aromatic rings. The lowest BCUT2D eigenvalue weighted by molar-refractivity contribution is -0.112. The molecule has 6 nitrogen and oxygen atoms in total. The zero-order valence-corrected chi connectivity index (χ0v) is 16.6. The molecule has 152 valence electrons. The molecule has 0 bridgehead atoms. The topological polar surface area (TPSA) is 93.5 Å². The first-order chi connectivity index (χ1) is 13.6. The maximum Gasteiger partial charge on any atom is 0.281 e. The summed E-state index contributed by atoms with van der Waals surface area (Å²) in [5.41, 5.74) is 10.1. The van der Waals surface area contributed by atoms with Crippen molar-refractivity contribution < 1.29 is 18.7 Å². The number of carbonyl (C=O) groups excluding carboxylic acids is 1. The quantitative estimate of drug-likeness (QED) is 0.684. The highest BCUT2D eigenvalue weighted by Crippen LogP contribution is 2.37. The van der Waals surface area contributed by atoms with Gasteiger partial charge in [0.05, 0.1) is 11.9 Å². The van der Waals surface area contributed by atoms with Crippen LogP contribution in [0.2, 0.25) is 0 Å². The van der Waals surface area contributed by atoms with Crippen molar-refractivity contribution in [3.63, 3.8) is 0 Å². The molecule has 29 heavy (non-hydrogen) atoms. The van der Waals surface area contributed by atoms with Crippen LogP contribution in [0.1, 0.15) is 47.0 Å². The van der Waals surface area contributed by atoms with E-state index in [-0.39, 0.29) is 11.1 Å². The van der Waals surface area contributed by atoms with Gasteiger partial charge < -0.3 is 10.8 Å². The van der Waals surface area contributed by atoms with Crippen LogP contribution < -0.4 is 5.73 Å². The molecule has 4 rings (SSSR count). The van der Waals surface area contributed by atoms with E-state index in [2.05, 4.69) is 10.1 Å². The number of primary amides is 1. The molecule has 1 aliphatic rings. The fraction of sp³-hybridized carbons (Fsp3) is 0.286. The standard InChI is InChI=1S/C12H10F2N4O.C9H12O/c1-5-4-6-9(8(5)12(15)19)10(11(13)14)17-7-2-3-16-18(6)7;1-6-4-5-9(10)8(3)7(6)2/h2-3,11H,4H2,1H3,(H2,15,19);4-5,10H,1-3H3. The molecule has 2 aromatic heterocycles. The number of fused-ring (bicyclic) bond motifs is 3. The molecule has 0 radical (unpaired) electrons. The number of aromatic hydroxyl groups is 1. The Morgan fingerprint density at radius 2 is 1.86 bits per heavy atom. The third kappa shape index (κ3) is 3.57. The Kier molecular flexibility index (Phi) is 5.37. The SMILES string of the molecule is CC1=C(C(N)=O)c2c(C(F)F)nc3ccnn3c2C1.Cc1ccc(O)c(C)c1C. The second kappa shape index (κ2) is 7.62. The number of benzene rings is 1. The predicted octanol–water partition coefficient (Wildman–Crippen LogP) is 3.80. The van der Waals surface area contributed by atoms with Gasteiger partial charge in [-0.2, -0.15) is 5.10 Å². The molecular weight excluding hydrogens is 378 g/mol. The van der Waals surface area contributed by atoms with E-state index in [0.29, 0.717) is 29.1 Å². The van der Waals surface area contributed by atoms with Crippen LogP contribution in [0.5, 0.6) is 5.75 Å². The van der Waals surface area contributed by atoms with Crippen LogP contribution in [0.15, 0.2) is 30.0 Å². The lowest BCUT2D eigenvalue weighted by Crippen LogP contribution is -2.16. The molecule has 0 spiro atoms. The summed E-state index contributed by atoms with van der Waals surface area (Å²) < 4.78 is 27.8. The molecule has 2 heterocycles. The molecule has 0 unspecified atom stereocenters. The Bertz CT molecular complexity index is 1120. The Labute approximate surface area is 166 Å². The second-order valence-corrected chi connectivity index (χ2v) is 7.07. The smallest absolute Gasteiger partial charge is 0.281 e. The van der Waals surface area contributed by atoms with E-state index in [9.17, 15) is 18.7 Å². The maximum absolute atomic E-state index is 13.2. The van der Waals surface area contributed by atoms with Gasteiger partial charge in [-0.25, -0.2) is 18.3 Å². The number of phenols is 1. The number of halogens is 2. The van der Waals surface area contributed by atoms with Crippen molar-refractivity contribution in [1.29, 1.82) is 0 Å². The van der Waals surface area contributed by atoms with Crippen molar-refractivity contribution in [2.45, 2.75) is 40.5 Å². The van der Waals surface area contributed by atoms with Crippen LogP contribution >= 0.6 is 0 Å². The van der Waals surface area contributed by atoms with Gasteiger partial charge in [0.25, 0.3) is 6.43 Å². The largest absolute Gasteiger partial charge is 0.508 e. The Balaban J connectivity index is 0.000000204.